The molecule has 0 spiro atoms. The van der Waals surface area contributed by atoms with Crippen molar-refractivity contribution in [2.45, 2.75) is 347 Å². The Labute approximate surface area is 586 Å². The SMILES string of the molecule is CC/C=C\C/C=C\C/C=C\C/C=C\C/C=C\C/C=C\C/C=C\C/C=C\C/C=C\CCCCCCCCCC(=O)OC(COC(=O)CCCCCCCCCCCCCCCCCCCCCCCCC/C=C\C/C=C\CCCCCCC)COC(OCC[N+](C)(C)C)C(=O)O. The maximum Gasteiger partial charge on any atom is 0.361 e. The maximum atomic E-state index is 13.0. The van der Waals surface area contributed by atoms with Gasteiger partial charge in [-0.05, 0) is 116 Å². The Morgan fingerprint density at radius 1 is 0.326 bits per heavy atom. The third kappa shape index (κ3) is 76.7. The second-order valence-electron chi connectivity index (χ2n) is 27.3. The van der Waals surface area contributed by atoms with Crippen molar-refractivity contribution < 1.29 is 42.9 Å². The summed E-state index contributed by atoms with van der Waals surface area (Å²) in [5.41, 5.74) is 0. The van der Waals surface area contributed by atoms with E-state index in [-0.39, 0.29) is 32.2 Å². The largest absolute Gasteiger partial charge is 0.477 e. The van der Waals surface area contributed by atoms with Crippen molar-refractivity contribution in [3.8, 4) is 0 Å². The highest BCUT2D eigenvalue weighted by atomic mass is 16.7. The van der Waals surface area contributed by atoms with Gasteiger partial charge in [-0.3, -0.25) is 9.59 Å². The first kappa shape index (κ1) is 90.4. The zero-order valence-electron chi connectivity index (χ0n) is 62.3. The maximum absolute atomic E-state index is 13.0. The van der Waals surface area contributed by atoms with Gasteiger partial charge < -0.3 is 28.5 Å². The van der Waals surface area contributed by atoms with Crippen LogP contribution in [-0.2, 0) is 33.3 Å². The standard InChI is InChI=1S/C86H147NO8/c1-6-8-10-12-14-16-18-20-22-24-26-28-30-32-34-36-38-40-42-44-46-48-50-52-54-56-58-60-62-64-66-68-70-72-74-76-83(88)93-80-82(81-94-86(85(90)91)92-79-78-87(3,4)5)95-84(89)77-75-73-71-69-67-65-63-61-59-57-55-53-51-49-47-45-43-41-39-37-35-33-31-29-27-25-23-21-19-17-15-13-11-9-7-2/h9,11,15,17-18,20-21,23-24,26-27,29,33,35,39,41,45,47,51,53,57,59,82,86H,6-8,10,12-14,16,19,22,25,28,30-32,34,36-38,40,42-44,46,48-50,52,54-56,58,60-81H2,1-5H3/p+1/b11-9-,17-15-,20-18-,23-21-,26-24-,29-27-,35-33-,41-39-,47-45-,53-51-,59-57-. The Morgan fingerprint density at radius 2 is 0.600 bits per heavy atom. The Morgan fingerprint density at radius 3 is 0.895 bits per heavy atom. The molecular weight excluding hydrogens is 1170 g/mol. The molecule has 0 aromatic carbocycles. The number of carbonyl (C=O) groups is 3. The minimum absolute atomic E-state index is 0.180. The number of nitrogens with zero attached hydrogens (tertiary/aromatic N) is 1. The number of rotatable bonds is 72. The molecule has 0 aliphatic heterocycles. The van der Waals surface area contributed by atoms with Crippen LogP contribution >= 0.6 is 0 Å². The quantitative estimate of drug-likeness (QED) is 0.0211. The smallest absolute Gasteiger partial charge is 0.361 e. The summed E-state index contributed by atoms with van der Waals surface area (Å²) in [4.78, 5) is 37.7. The molecule has 0 radical (unpaired) electrons. The molecule has 0 saturated heterocycles. The summed E-state index contributed by atoms with van der Waals surface area (Å²) in [7, 11) is 5.98. The first-order valence-electron chi connectivity index (χ1n) is 39.3. The molecule has 2 atom stereocenters. The van der Waals surface area contributed by atoms with E-state index in [9.17, 15) is 19.5 Å². The number of quaternary nitrogens is 1. The van der Waals surface area contributed by atoms with Crippen LogP contribution in [0.4, 0.5) is 0 Å². The molecule has 0 aromatic rings. The van der Waals surface area contributed by atoms with E-state index < -0.39 is 24.3 Å². The van der Waals surface area contributed by atoms with Crippen molar-refractivity contribution in [1.29, 1.82) is 0 Å². The van der Waals surface area contributed by atoms with Gasteiger partial charge in [-0.2, -0.15) is 0 Å². The van der Waals surface area contributed by atoms with Gasteiger partial charge in [-0.1, -0.05) is 340 Å². The van der Waals surface area contributed by atoms with E-state index in [0.29, 0.717) is 23.9 Å². The van der Waals surface area contributed by atoms with E-state index in [2.05, 4.69) is 148 Å². The molecule has 95 heavy (non-hydrogen) atoms. The second kappa shape index (κ2) is 75.2. The number of unbranched alkanes of at least 4 members (excludes halogenated alkanes) is 35. The molecule has 0 amide bonds. The summed E-state index contributed by atoms with van der Waals surface area (Å²) in [6, 6.07) is 0. The van der Waals surface area contributed by atoms with E-state index in [1.807, 2.05) is 21.1 Å². The van der Waals surface area contributed by atoms with E-state index in [4.69, 9.17) is 18.9 Å². The Bertz CT molecular complexity index is 2030. The van der Waals surface area contributed by atoms with Crippen LogP contribution in [0.5, 0.6) is 0 Å². The number of aliphatic carboxylic acids is 1. The van der Waals surface area contributed by atoms with Crippen molar-refractivity contribution in [3.05, 3.63) is 134 Å². The van der Waals surface area contributed by atoms with Crippen LogP contribution in [0.2, 0.25) is 0 Å². The van der Waals surface area contributed by atoms with E-state index in [1.54, 1.807) is 0 Å². The van der Waals surface area contributed by atoms with Crippen LogP contribution in [0.15, 0.2) is 134 Å². The fraction of sp³-hybridized carbons (Fsp3) is 0.709. The second-order valence-corrected chi connectivity index (χ2v) is 27.3. The normalized spacial score (nSPS) is 13.4. The molecule has 0 bridgehead atoms. The van der Waals surface area contributed by atoms with Gasteiger partial charge in [0.05, 0.1) is 34.4 Å². The number of carbonyl (C=O) groups excluding carboxylic acids is 2. The number of esters is 2. The summed E-state index contributed by atoms with van der Waals surface area (Å²) in [6.07, 6.45) is 106. The number of hydrogen-bond donors (Lipinski definition) is 1. The molecule has 0 aromatic heterocycles. The fourth-order valence-corrected chi connectivity index (χ4v) is 10.9. The van der Waals surface area contributed by atoms with Crippen LogP contribution < -0.4 is 0 Å². The Hall–Kier alpha value is -4.57. The van der Waals surface area contributed by atoms with Crippen LogP contribution in [-0.4, -0.2) is 87.4 Å². The van der Waals surface area contributed by atoms with Crippen LogP contribution in [0.3, 0.4) is 0 Å². The van der Waals surface area contributed by atoms with Gasteiger partial charge in [0.2, 0.25) is 0 Å². The van der Waals surface area contributed by atoms with Crippen molar-refractivity contribution in [2.24, 2.45) is 0 Å². The van der Waals surface area contributed by atoms with Gasteiger partial charge in [-0.25, -0.2) is 4.79 Å². The third-order valence-electron chi connectivity index (χ3n) is 16.9. The molecule has 9 nitrogen and oxygen atoms in total. The number of carboxylic acids is 1. The summed E-state index contributed by atoms with van der Waals surface area (Å²) in [5.74, 6) is -2.02. The predicted molar refractivity (Wildman–Crippen MR) is 410 cm³/mol. The summed E-state index contributed by atoms with van der Waals surface area (Å²) in [5, 5.41) is 9.77. The molecular formula is C86H148NO8+. The highest BCUT2D eigenvalue weighted by molar-refractivity contribution is 5.71. The number of carboxylic acid groups (broad SMARTS) is 1. The third-order valence-corrected chi connectivity index (χ3v) is 16.9. The summed E-state index contributed by atoms with van der Waals surface area (Å²) < 4.78 is 23.0. The summed E-state index contributed by atoms with van der Waals surface area (Å²) in [6.45, 7) is 4.76. The lowest BCUT2D eigenvalue weighted by Crippen LogP contribution is -2.40. The van der Waals surface area contributed by atoms with E-state index in [1.165, 1.54) is 193 Å². The number of likely N-dealkylation sites (N-methyl/N-ethyl adjacent to an activating group) is 1. The van der Waals surface area contributed by atoms with Gasteiger partial charge in [0.1, 0.15) is 13.2 Å². The van der Waals surface area contributed by atoms with Crippen molar-refractivity contribution >= 4 is 17.9 Å². The van der Waals surface area contributed by atoms with E-state index >= 15 is 0 Å². The highest BCUT2D eigenvalue weighted by Crippen LogP contribution is 2.18. The lowest BCUT2D eigenvalue weighted by atomic mass is 10.0. The fourth-order valence-electron chi connectivity index (χ4n) is 10.9. The molecule has 9 heteroatoms. The lowest BCUT2D eigenvalue weighted by Gasteiger charge is -2.25. The minimum Gasteiger partial charge on any atom is -0.477 e. The average molecular weight is 1320 g/mol. The lowest BCUT2D eigenvalue weighted by molar-refractivity contribution is -0.870. The molecule has 0 heterocycles. The molecule has 1 N–H and O–H groups in total. The molecule has 0 fully saturated rings. The van der Waals surface area contributed by atoms with Crippen molar-refractivity contribution in [1.82, 2.24) is 0 Å². The number of allylic oxidation sites excluding steroid dienone is 22. The monoisotopic (exact) mass is 1320 g/mol. The molecule has 0 saturated carbocycles. The topological polar surface area (TPSA) is 108 Å². The van der Waals surface area contributed by atoms with Crippen LogP contribution in [0.25, 0.3) is 0 Å². The van der Waals surface area contributed by atoms with Crippen molar-refractivity contribution in [3.63, 3.8) is 0 Å². The first-order valence-corrected chi connectivity index (χ1v) is 39.3. The van der Waals surface area contributed by atoms with Gasteiger partial charge in [0.15, 0.2) is 6.10 Å². The molecule has 0 rings (SSSR count). The average Bonchev–Trinajstić information content (AvgIpc) is 3.58. The van der Waals surface area contributed by atoms with Gasteiger partial charge in [-0.15, -0.1) is 0 Å². The predicted octanol–water partition coefficient (Wildman–Crippen LogP) is 25.3. The zero-order chi connectivity index (χ0) is 69.0. The van der Waals surface area contributed by atoms with E-state index in [0.717, 1.165) is 109 Å². The molecule has 544 valence electrons. The van der Waals surface area contributed by atoms with Crippen LogP contribution in [0, 0.1) is 0 Å². The van der Waals surface area contributed by atoms with Crippen LogP contribution in [0.1, 0.15) is 335 Å². The molecule has 2 unspecified atom stereocenters. The first-order chi connectivity index (χ1) is 46.6. The Balaban J connectivity index is 4.09. The van der Waals surface area contributed by atoms with Crippen molar-refractivity contribution in [2.75, 3.05) is 47.5 Å². The summed E-state index contributed by atoms with van der Waals surface area (Å²) >= 11 is 0. The van der Waals surface area contributed by atoms with Gasteiger partial charge in [0.25, 0.3) is 6.29 Å². The molecule has 0 aliphatic carbocycles. The zero-order valence-corrected chi connectivity index (χ0v) is 62.3. The molecule has 0 aliphatic rings. The van der Waals surface area contributed by atoms with Gasteiger partial charge in [0, 0.05) is 12.8 Å². The number of ether oxygens (including phenoxy) is 4. The van der Waals surface area contributed by atoms with Gasteiger partial charge >= 0.3 is 17.9 Å². The number of hydrogen-bond acceptors (Lipinski definition) is 7. The Kier molecular flexibility index (Phi) is 71.6. The minimum atomic E-state index is -1.52. The highest BCUT2D eigenvalue weighted by Gasteiger charge is 2.25.